The summed E-state index contributed by atoms with van der Waals surface area (Å²) in [5, 5.41) is 21.8. The predicted octanol–water partition coefficient (Wildman–Crippen LogP) is 2.80. The third kappa shape index (κ3) is 6.96. The molecular weight excluding hydrogens is 420 g/mol. The summed E-state index contributed by atoms with van der Waals surface area (Å²) in [5.41, 5.74) is 1.34. The molecule has 3 aromatic rings. The Morgan fingerprint density at radius 2 is 1.64 bits per heavy atom. The van der Waals surface area contributed by atoms with E-state index in [1.165, 1.54) is 12.8 Å². The number of carbonyl (C=O) groups excluding carboxylic acids is 2. The number of nitrogens with one attached hydrogen (secondary N) is 2. The molecule has 1 aliphatic carbocycles. The zero-order chi connectivity index (χ0) is 22.9. The fraction of sp³-hybridized carbons (Fsp3) is 0.478. The fourth-order valence-electron chi connectivity index (χ4n) is 4.06. The zero-order valence-electron chi connectivity index (χ0n) is 18.7. The van der Waals surface area contributed by atoms with Crippen molar-refractivity contribution in [3.05, 3.63) is 54.0 Å². The van der Waals surface area contributed by atoms with E-state index < -0.39 is 0 Å². The van der Waals surface area contributed by atoms with Crippen molar-refractivity contribution in [3.8, 4) is 0 Å². The fourth-order valence-corrected chi connectivity index (χ4v) is 4.06. The van der Waals surface area contributed by atoms with Crippen molar-refractivity contribution in [2.24, 2.45) is 5.92 Å². The Labute approximate surface area is 192 Å². The van der Waals surface area contributed by atoms with Gasteiger partial charge in [0.05, 0.1) is 12.4 Å². The third-order valence-corrected chi connectivity index (χ3v) is 5.85. The van der Waals surface area contributed by atoms with Gasteiger partial charge in [0.15, 0.2) is 11.5 Å². The lowest BCUT2D eigenvalue weighted by atomic mass is 10.0. The quantitative estimate of drug-likeness (QED) is 0.434. The first-order valence-electron chi connectivity index (χ1n) is 11.6. The SMILES string of the molecule is O=C(CC1CCCC1)Nc1cn(CCCCn2cc(C(=O)NCc3ccccc3)nn2)nn1. The number of hydrogen-bond donors (Lipinski definition) is 2. The average Bonchev–Trinajstić information content (AvgIpc) is 3.59. The number of aryl methyl sites for hydroxylation is 2. The smallest absolute Gasteiger partial charge is 0.273 e. The number of amides is 2. The summed E-state index contributed by atoms with van der Waals surface area (Å²) in [4.78, 5) is 24.4. The van der Waals surface area contributed by atoms with E-state index >= 15 is 0 Å². The van der Waals surface area contributed by atoms with Gasteiger partial charge in [0, 0.05) is 26.1 Å². The van der Waals surface area contributed by atoms with Gasteiger partial charge in [-0.25, -0.2) is 0 Å². The van der Waals surface area contributed by atoms with E-state index in [-0.39, 0.29) is 11.8 Å². The monoisotopic (exact) mass is 450 g/mol. The molecular formula is C23H30N8O2. The van der Waals surface area contributed by atoms with Crippen LogP contribution >= 0.6 is 0 Å². The van der Waals surface area contributed by atoms with Gasteiger partial charge in [0.2, 0.25) is 5.91 Å². The molecule has 1 aliphatic rings. The number of unbranched alkanes of at least 4 members (excludes halogenated alkanes) is 1. The van der Waals surface area contributed by atoms with Crippen molar-refractivity contribution < 1.29 is 9.59 Å². The van der Waals surface area contributed by atoms with Crippen LogP contribution in [0.2, 0.25) is 0 Å². The van der Waals surface area contributed by atoms with Crippen molar-refractivity contribution in [1.29, 1.82) is 0 Å². The van der Waals surface area contributed by atoms with Gasteiger partial charge in [-0.2, -0.15) is 0 Å². The van der Waals surface area contributed by atoms with Crippen LogP contribution in [0.5, 0.6) is 0 Å². The van der Waals surface area contributed by atoms with Gasteiger partial charge in [-0.3, -0.25) is 19.0 Å². The lowest BCUT2D eigenvalue weighted by molar-refractivity contribution is -0.117. The van der Waals surface area contributed by atoms with Crippen molar-refractivity contribution in [3.63, 3.8) is 0 Å². The van der Waals surface area contributed by atoms with Crippen LogP contribution in [0.1, 0.15) is 61.0 Å². The minimum Gasteiger partial charge on any atom is -0.347 e. The summed E-state index contributed by atoms with van der Waals surface area (Å²) < 4.78 is 3.41. The molecule has 0 bridgehead atoms. The predicted molar refractivity (Wildman–Crippen MR) is 122 cm³/mol. The highest BCUT2D eigenvalue weighted by Gasteiger charge is 2.19. The second-order valence-electron chi connectivity index (χ2n) is 8.51. The molecule has 4 rings (SSSR count). The Balaban J connectivity index is 1.14. The summed E-state index contributed by atoms with van der Waals surface area (Å²) in [6.45, 7) is 1.79. The Hall–Kier alpha value is -3.56. The van der Waals surface area contributed by atoms with Crippen molar-refractivity contribution in [2.75, 3.05) is 5.32 Å². The number of carbonyl (C=O) groups is 2. The summed E-state index contributed by atoms with van der Waals surface area (Å²) >= 11 is 0. The molecule has 2 heterocycles. The van der Waals surface area contributed by atoms with Crippen LogP contribution in [-0.4, -0.2) is 41.8 Å². The zero-order valence-corrected chi connectivity index (χ0v) is 18.7. The molecule has 0 aliphatic heterocycles. The molecule has 0 saturated heterocycles. The van der Waals surface area contributed by atoms with Gasteiger partial charge in [0.25, 0.3) is 5.91 Å². The number of anilines is 1. The van der Waals surface area contributed by atoms with E-state index in [0.717, 1.165) is 31.2 Å². The molecule has 2 aromatic heterocycles. The van der Waals surface area contributed by atoms with Crippen LogP contribution < -0.4 is 10.6 Å². The maximum absolute atomic E-state index is 12.2. The number of aromatic nitrogens is 6. The topological polar surface area (TPSA) is 120 Å². The minimum absolute atomic E-state index is 0.0174. The van der Waals surface area contributed by atoms with E-state index in [0.29, 0.717) is 43.5 Å². The molecule has 33 heavy (non-hydrogen) atoms. The minimum atomic E-state index is -0.241. The summed E-state index contributed by atoms with van der Waals surface area (Å²) in [6, 6.07) is 9.73. The van der Waals surface area contributed by atoms with Crippen LogP contribution in [0.4, 0.5) is 5.82 Å². The summed E-state index contributed by atoms with van der Waals surface area (Å²) in [6.07, 6.45) is 10.4. The second-order valence-corrected chi connectivity index (χ2v) is 8.51. The lowest BCUT2D eigenvalue weighted by Crippen LogP contribution is -2.23. The molecule has 2 amide bonds. The molecule has 1 saturated carbocycles. The van der Waals surface area contributed by atoms with Crippen LogP contribution in [0.15, 0.2) is 42.7 Å². The van der Waals surface area contributed by atoms with Gasteiger partial charge in [-0.05, 0) is 37.2 Å². The highest BCUT2D eigenvalue weighted by Crippen LogP contribution is 2.27. The van der Waals surface area contributed by atoms with Crippen LogP contribution in [0.25, 0.3) is 0 Å². The highest BCUT2D eigenvalue weighted by atomic mass is 16.2. The summed E-state index contributed by atoms with van der Waals surface area (Å²) in [5.74, 6) is 0.784. The Kier molecular flexibility index (Phi) is 7.78. The third-order valence-electron chi connectivity index (χ3n) is 5.85. The Morgan fingerprint density at radius 3 is 2.39 bits per heavy atom. The molecule has 1 fully saturated rings. The van der Waals surface area contributed by atoms with E-state index in [1.54, 1.807) is 21.8 Å². The van der Waals surface area contributed by atoms with Gasteiger partial charge in [-0.15, -0.1) is 10.2 Å². The Morgan fingerprint density at radius 1 is 0.939 bits per heavy atom. The molecule has 0 unspecified atom stereocenters. The maximum Gasteiger partial charge on any atom is 0.273 e. The molecule has 10 heteroatoms. The maximum atomic E-state index is 12.2. The first-order chi connectivity index (χ1) is 16.2. The van der Waals surface area contributed by atoms with Crippen molar-refractivity contribution in [1.82, 2.24) is 35.3 Å². The molecule has 0 atom stereocenters. The van der Waals surface area contributed by atoms with Crippen LogP contribution in [0.3, 0.4) is 0 Å². The molecule has 2 N–H and O–H groups in total. The summed E-state index contributed by atoms with van der Waals surface area (Å²) in [7, 11) is 0. The average molecular weight is 451 g/mol. The van der Waals surface area contributed by atoms with Gasteiger partial charge >= 0.3 is 0 Å². The van der Waals surface area contributed by atoms with Gasteiger partial charge in [0.1, 0.15) is 0 Å². The van der Waals surface area contributed by atoms with E-state index in [1.807, 2.05) is 30.3 Å². The number of hydrogen-bond acceptors (Lipinski definition) is 6. The molecule has 0 spiro atoms. The largest absolute Gasteiger partial charge is 0.347 e. The number of benzene rings is 1. The first kappa shape index (κ1) is 22.6. The second kappa shape index (κ2) is 11.3. The van der Waals surface area contributed by atoms with Crippen molar-refractivity contribution >= 4 is 17.6 Å². The standard InChI is InChI=1S/C23H30N8O2/c32-22(14-18-8-4-5-9-18)25-21-17-31(29-27-21)13-7-6-12-30-16-20(26-28-30)23(33)24-15-19-10-2-1-3-11-19/h1-3,10-11,16-18H,4-9,12-15H2,(H,24,33)(H,25,32). The van der Waals surface area contributed by atoms with Gasteiger partial charge in [-0.1, -0.05) is 53.6 Å². The molecule has 0 radical (unpaired) electrons. The van der Waals surface area contributed by atoms with E-state index in [2.05, 4.69) is 31.3 Å². The van der Waals surface area contributed by atoms with E-state index in [4.69, 9.17) is 0 Å². The molecule has 10 nitrogen and oxygen atoms in total. The lowest BCUT2D eigenvalue weighted by Gasteiger charge is -2.07. The highest BCUT2D eigenvalue weighted by molar-refractivity contribution is 5.91. The number of rotatable bonds is 11. The van der Waals surface area contributed by atoms with Crippen molar-refractivity contribution in [2.45, 2.75) is 64.6 Å². The Bertz CT molecular complexity index is 1040. The normalized spacial score (nSPS) is 13.8. The molecule has 1 aromatic carbocycles. The van der Waals surface area contributed by atoms with Gasteiger partial charge < -0.3 is 10.6 Å². The molecule has 174 valence electrons. The van der Waals surface area contributed by atoms with Crippen LogP contribution in [-0.2, 0) is 24.4 Å². The first-order valence-corrected chi connectivity index (χ1v) is 11.6. The van der Waals surface area contributed by atoms with E-state index in [9.17, 15) is 9.59 Å². The number of nitrogens with zero attached hydrogens (tertiary/aromatic N) is 6. The van der Waals surface area contributed by atoms with Crippen LogP contribution in [0, 0.1) is 5.92 Å².